The predicted molar refractivity (Wildman–Crippen MR) is 87.0 cm³/mol. The molecular formula is C17H20BrNO. The molecule has 0 aliphatic carbocycles. The van der Waals surface area contributed by atoms with Crippen molar-refractivity contribution in [2.45, 2.75) is 25.8 Å². The zero-order chi connectivity index (χ0) is 14.4. The number of rotatable bonds is 6. The Balaban J connectivity index is 1.75. The summed E-state index contributed by atoms with van der Waals surface area (Å²) in [7, 11) is 0. The molecule has 0 fully saturated rings. The molecule has 0 aliphatic rings. The third-order valence-electron chi connectivity index (χ3n) is 3.46. The highest BCUT2D eigenvalue weighted by Gasteiger charge is 2.04. The van der Waals surface area contributed by atoms with Crippen molar-refractivity contribution in [1.29, 1.82) is 0 Å². The van der Waals surface area contributed by atoms with Gasteiger partial charge in [0.2, 0.25) is 0 Å². The lowest BCUT2D eigenvalue weighted by Crippen LogP contribution is -2.16. The normalized spacial score (nSPS) is 12.3. The van der Waals surface area contributed by atoms with Gasteiger partial charge in [-0.25, -0.2) is 0 Å². The van der Waals surface area contributed by atoms with Crippen LogP contribution in [0, 0.1) is 0 Å². The van der Waals surface area contributed by atoms with E-state index in [-0.39, 0.29) is 5.75 Å². The minimum Gasteiger partial charge on any atom is -0.507 e. The first-order valence-corrected chi connectivity index (χ1v) is 7.69. The van der Waals surface area contributed by atoms with Crippen LogP contribution in [0.5, 0.6) is 5.75 Å². The molecule has 2 N–H and O–H groups in total. The van der Waals surface area contributed by atoms with Crippen molar-refractivity contribution in [2.75, 3.05) is 6.54 Å². The summed E-state index contributed by atoms with van der Waals surface area (Å²) in [6, 6.07) is 16.2. The standard InChI is InChI=1S/C17H20BrNO/c1-13(15-5-3-2-4-6-15)9-10-19-12-14-7-8-17(20)16(18)11-14/h2-8,11,13,19-20H,9-10,12H2,1H3. The van der Waals surface area contributed by atoms with Gasteiger partial charge in [-0.2, -0.15) is 0 Å². The Morgan fingerprint density at radius 1 is 1.15 bits per heavy atom. The Bertz CT molecular complexity index is 542. The Morgan fingerprint density at radius 2 is 1.90 bits per heavy atom. The number of aromatic hydroxyl groups is 1. The molecule has 0 radical (unpaired) electrons. The first-order valence-electron chi connectivity index (χ1n) is 6.90. The molecule has 1 unspecified atom stereocenters. The molecule has 0 spiro atoms. The summed E-state index contributed by atoms with van der Waals surface area (Å²) in [5, 5.41) is 12.9. The topological polar surface area (TPSA) is 32.3 Å². The Labute approximate surface area is 129 Å². The molecule has 0 aromatic heterocycles. The average molecular weight is 334 g/mol. The monoisotopic (exact) mass is 333 g/mol. The second-order valence-corrected chi connectivity index (χ2v) is 5.92. The van der Waals surface area contributed by atoms with Crippen LogP contribution in [0.1, 0.15) is 30.4 Å². The highest BCUT2D eigenvalue weighted by molar-refractivity contribution is 9.10. The van der Waals surface area contributed by atoms with Crippen LogP contribution in [0.2, 0.25) is 0 Å². The van der Waals surface area contributed by atoms with E-state index in [1.54, 1.807) is 6.07 Å². The van der Waals surface area contributed by atoms with Gasteiger partial charge in [-0.15, -0.1) is 0 Å². The Hall–Kier alpha value is -1.32. The smallest absolute Gasteiger partial charge is 0.129 e. The molecule has 0 heterocycles. The van der Waals surface area contributed by atoms with E-state index >= 15 is 0 Å². The fraction of sp³-hybridized carbons (Fsp3) is 0.294. The number of hydrogen-bond donors (Lipinski definition) is 2. The van der Waals surface area contributed by atoms with E-state index in [2.05, 4.69) is 58.5 Å². The number of phenols is 1. The molecule has 1 atom stereocenters. The second-order valence-electron chi connectivity index (χ2n) is 5.06. The Kier molecular flexibility index (Phi) is 5.62. The number of nitrogens with one attached hydrogen (secondary N) is 1. The van der Waals surface area contributed by atoms with E-state index in [0.29, 0.717) is 5.92 Å². The van der Waals surface area contributed by atoms with Crippen LogP contribution in [0.15, 0.2) is 53.0 Å². The molecule has 0 saturated heterocycles. The molecule has 0 aliphatic heterocycles. The minimum atomic E-state index is 0.284. The van der Waals surface area contributed by atoms with Gasteiger partial charge < -0.3 is 10.4 Å². The van der Waals surface area contributed by atoms with Crippen LogP contribution < -0.4 is 5.32 Å². The third kappa shape index (κ3) is 4.36. The lowest BCUT2D eigenvalue weighted by atomic mass is 9.98. The van der Waals surface area contributed by atoms with Crippen LogP contribution in [0.4, 0.5) is 0 Å². The molecular weight excluding hydrogens is 314 g/mol. The summed E-state index contributed by atoms with van der Waals surface area (Å²) in [5.74, 6) is 0.849. The van der Waals surface area contributed by atoms with Crippen LogP contribution >= 0.6 is 15.9 Å². The molecule has 106 valence electrons. The van der Waals surface area contributed by atoms with Gasteiger partial charge in [-0.1, -0.05) is 43.3 Å². The van der Waals surface area contributed by atoms with Gasteiger partial charge in [0.15, 0.2) is 0 Å². The molecule has 20 heavy (non-hydrogen) atoms. The average Bonchev–Trinajstić information content (AvgIpc) is 2.48. The maximum atomic E-state index is 9.45. The first-order chi connectivity index (χ1) is 9.66. The van der Waals surface area contributed by atoms with Gasteiger partial charge >= 0.3 is 0 Å². The minimum absolute atomic E-state index is 0.284. The van der Waals surface area contributed by atoms with E-state index in [1.807, 2.05) is 12.1 Å². The highest BCUT2D eigenvalue weighted by Crippen LogP contribution is 2.24. The van der Waals surface area contributed by atoms with Gasteiger partial charge in [0, 0.05) is 6.54 Å². The van der Waals surface area contributed by atoms with E-state index in [0.717, 1.165) is 24.0 Å². The molecule has 2 aromatic carbocycles. The highest BCUT2D eigenvalue weighted by atomic mass is 79.9. The van der Waals surface area contributed by atoms with Crippen molar-refractivity contribution < 1.29 is 5.11 Å². The number of benzene rings is 2. The van der Waals surface area contributed by atoms with Crippen molar-refractivity contribution >= 4 is 15.9 Å². The van der Waals surface area contributed by atoms with Gasteiger partial charge in [-0.3, -0.25) is 0 Å². The van der Waals surface area contributed by atoms with Crippen molar-refractivity contribution in [3.8, 4) is 5.75 Å². The third-order valence-corrected chi connectivity index (χ3v) is 4.10. The van der Waals surface area contributed by atoms with Crippen LogP contribution in [-0.4, -0.2) is 11.7 Å². The SMILES string of the molecule is CC(CCNCc1ccc(O)c(Br)c1)c1ccccc1. The van der Waals surface area contributed by atoms with Crippen LogP contribution in [-0.2, 0) is 6.54 Å². The lowest BCUT2D eigenvalue weighted by molar-refractivity contribution is 0.471. The summed E-state index contributed by atoms with van der Waals surface area (Å²) < 4.78 is 0.745. The summed E-state index contributed by atoms with van der Waals surface area (Å²) in [6.07, 6.45) is 1.11. The fourth-order valence-corrected chi connectivity index (χ4v) is 2.59. The number of hydrogen-bond acceptors (Lipinski definition) is 2. The van der Waals surface area contributed by atoms with Gasteiger partial charge in [0.1, 0.15) is 5.75 Å². The first kappa shape index (κ1) is 15.1. The largest absolute Gasteiger partial charge is 0.507 e. The molecule has 0 bridgehead atoms. The van der Waals surface area contributed by atoms with E-state index in [4.69, 9.17) is 0 Å². The molecule has 2 nitrogen and oxygen atoms in total. The molecule has 2 rings (SSSR count). The summed E-state index contributed by atoms with van der Waals surface area (Å²) in [6.45, 7) is 4.06. The Morgan fingerprint density at radius 3 is 2.60 bits per heavy atom. The second kappa shape index (κ2) is 7.46. The van der Waals surface area contributed by atoms with Gasteiger partial charge in [-0.05, 0) is 58.1 Å². The number of phenolic OH excluding ortho intramolecular Hbond substituents is 1. The summed E-state index contributed by atoms with van der Waals surface area (Å²) in [4.78, 5) is 0. The van der Waals surface area contributed by atoms with E-state index in [9.17, 15) is 5.11 Å². The van der Waals surface area contributed by atoms with Crippen LogP contribution in [0.3, 0.4) is 0 Å². The van der Waals surface area contributed by atoms with Crippen molar-refractivity contribution in [3.05, 3.63) is 64.1 Å². The van der Waals surface area contributed by atoms with Crippen molar-refractivity contribution in [3.63, 3.8) is 0 Å². The molecule has 0 amide bonds. The zero-order valence-corrected chi connectivity index (χ0v) is 13.2. The lowest BCUT2D eigenvalue weighted by Gasteiger charge is -2.12. The van der Waals surface area contributed by atoms with Crippen LogP contribution in [0.25, 0.3) is 0 Å². The quantitative estimate of drug-likeness (QED) is 0.766. The maximum Gasteiger partial charge on any atom is 0.129 e. The van der Waals surface area contributed by atoms with Crippen molar-refractivity contribution in [2.24, 2.45) is 0 Å². The van der Waals surface area contributed by atoms with Gasteiger partial charge in [0.05, 0.1) is 4.47 Å². The van der Waals surface area contributed by atoms with E-state index < -0.39 is 0 Å². The molecule has 2 aromatic rings. The molecule has 0 saturated carbocycles. The zero-order valence-electron chi connectivity index (χ0n) is 11.6. The predicted octanol–water partition coefficient (Wildman–Crippen LogP) is 4.44. The maximum absolute atomic E-state index is 9.45. The van der Waals surface area contributed by atoms with Gasteiger partial charge in [0.25, 0.3) is 0 Å². The summed E-state index contributed by atoms with van der Waals surface area (Å²) >= 11 is 3.33. The molecule has 3 heteroatoms. The summed E-state index contributed by atoms with van der Waals surface area (Å²) in [5.41, 5.74) is 2.56. The number of halogens is 1. The van der Waals surface area contributed by atoms with E-state index in [1.165, 1.54) is 11.1 Å². The van der Waals surface area contributed by atoms with Crippen molar-refractivity contribution in [1.82, 2.24) is 5.32 Å². The fourth-order valence-electron chi connectivity index (χ4n) is 2.16.